The van der Waals surface area contributed by atoms with Gasteiger partial charge in [-0.25, -0.2) is 0 Å². The summed E-state index contributed by atoms with van der Waals surface area (Å²) >= 11 is 0. The van der Waals surface area contributed by atoms with Gasteiger partial charge in [0.25, 0.3) is 0 Å². The zero-order valence-electron chi connectivity index (χ0n) is 9.95. The van der Waals surface area contributed by atoms with Crippen molar-refractivity contribution in [3.63, 3.8) is 0 Å². The molecule has 0 amide bonds. The quantitative estimate of drug-likeness (QED) is 0.830. The van der Waals surface area contributed by atoms with E-state index in [0.29, 0.717) is 5.54 Å². The first-order valence-corrected chi connectivity index (χ1v) is 6.25. The monoisotopic (exact) mass is 216 g/mol. The normalized spacial score (nSPS) is 33.4. The number of rotatable bonds is 3. The molecule has 0 spiro atoms. The van der Waals surface area contributed by atoms with E-state index in [9.17, 15) is 0 Å². The first-order chi connectivity index (χ1) is 7.80. The Morgan fingerprint density at radius 3 is 2.75 bits per heavy atom. The number of piperidine rings is 2. The number of hydrogen-bond acceptors (Lipinski definition) is 2. The summed E-state index contributed by atoms with van der Waals surface area (Å²) in [6.07, 6.45) is 2.77. The summed E-state index contributed by atoms with van der Waals surface area (Å²) in [6, 6.07) is 10.8. The topological polar surface area (TPSA) is 15.3 Å². The van der Waals surface area contributed by atoms with Gasteiger partial charge in [-0.3, -0.25) is 4.90 Å². The minimum absolute atomic E-state index is 0.442. The van der Waals surface area contributed by atoms with Crippen molar-refractivity contribution in [3.05, 3.63) is 35.9 Å². The molecule has 2 heteroatoms. The molecule has 2 saturated heterocycles. The second-order valence-corrected chi connectivity index (χ2v) is 5.46. The van der Waals surface area contributed by atoms with Gasteiger partial charge >= 0.3 is 0 Å². The molecule has 2 bridgehead atoms. The van der Waals surface area contributed by atoms with Crippen molar-refractivity contribution in [2.24, 2.45) is 5.92 Å². The molecule has 2 aliphatic heterocycles. The number of nitrogens with zero attached hydrogens (tertiary/aromatic N) is 1. The standard InChI is InChI=1S/C14H20N2/c1-15-14-7-13(8-14)10-16(11-14)9-12-5-3-2-4-6-12/h2-6,13,15H,7-11H2,1H3. The molecule has 2 nitrogen and oxygen atoms in total. The van der Waals surface area contributed by atoms with E-state index >= 15 is 0 Å². The van der Waals surface area contributed by atoms with Crippen LogP contribution in [0.4, 0.5) is 0 Å². The van der Waals surface area contributed by atoms with E-state index in [1.807, 2.05) is 0 Å². The van der Waals surface area contributed by atoms with Crippen molar-refractivity contribution in [3.8, 4) is 0 Å². The van der Waals surface area contributed by atoms with Crippen molar-refractivity contribution in [2.75, 3.05) is 20.1 Å². The minimum Gasteiger partial charge on any atom is -0.313 e. The maximum absolute atomic E-state index is 3.52. The fourth-order valence-electron chi connectivity index (χ4n) is 3.41. The summed E-state index contributed by atoms with van der Waals surface area (Å²) < 4.78 is 0. The maximum atomic E-state index is 3.52. The van der Waals surface area contributed by atoms with Crippen LogP contribution in [-0.2, 0) is 6.54 Å². The second-order valence-electron chi connectivity index (χ2n) is 5.46. The summed E-state index contributed by atoms with van der Waals surface area (Å²) in [5.41, 5.74) is 1.88. The maximum Gasteiger partial charge on any atom is 0.0312 e. The van der Waals surface area contributed by atoms with Gasteiger partial charge in [0.1, 0.15) is 0 Å². The molecule has 3 fully saturated rings. The Hall–Kier alpha value is -0.860. The van der Waals surface area contributed by atoms with Crippen molar-refractivity contribution in [1.82, 2.24) is 10.2 Å². The Labute approximate surface area is 97.6 Å². The molecule has 1 saturated carbocycles. The van der Waals surface area contributed by atoms with E-state index in [2.05, 4.69) is 47.6 Å². The molecular formula is C14H20N2. The molecule has 1 aromatic rings. The van der Waals surface area contributed by atoms with Crippen LogP contribution in [0.25, 0.3) is 0 Å². The smallest absolute Gasteiger partial charge is 0.0312 e. The van der Waals surface area contributed by atoms with Crippen LogP contribution in [0, 0.1) is 5.92 Å². The lowest BCUT2D eigenvalue weighted by Gasteiger charge is -2.56. The molecule has 2 heterocycles. The van der Waals surface area contributed by atoms with Crippen molar-refractivity contribution < 1.29 is 0 Å². The van der Waals surface area contributed by atoms with Crippen LogP contribution in [0.2, 0.25) is 0 Å². The zero-order chi connectivity index (χ0) is 11.0. The van der Waals surface area contributed by atoms with Crippen LogP contribution in [-0.4, -0.2) is 30.6 Å². The van der Waals surface area contributed by atoms with Crippen LogP contribution in [0.1, 0.15) is 18.4 Å². The van der Waals surface area contributed by atoms with E-state index in [1.165, 1.54) is 31.5 Å². The number of likely N-dealkylation sites (N-methyl/N-ethyl adjacent to an activating group) is 1. The van der Waals surface area contributed by atoms with Gasteiger partial charge in [-0.05, 0) is 31.4 Å². The van der Waals surface area contributed by atoms with Gasteiger partial charge in [-0.2, -0.15) is 0 Å². The van der Waals surface area contributed by atoms with Crippen LogP contribution in [0.3, 0.4) is 0 Å². The molecule has 3 aliphatic rings. The summed E-state index contributed by atoms with van der Waals surface area (Å²) in [5, 5.41) is 3.52. The van der Waals surface area contributed by atoms with Crippen molar-refractivity contribution in [1.29, 1.82) is 0 Å². The van der Waals surface area contributed by atoms with Gasteiger partial charge in [0.05, 0.1) is 0 Å². The summed E-state index contributed by atoms with van der Waals surface area (Å²) in [4.78, 5) is 2.60. The third-order valence-corrected chi connectivity index (χ3v) is 4.18. The second kappa shape index (κ2) is 3.86. The molecule has 0 radical (unpaired) electrons. The lowest BCUT2D eigenvalue weighted by molar-refractivity contribution is -0.0207. The third kappa shape index (κ3) is 1.76. The molecule has 0 aromatic heterocycles. The van der Waals surface area contributed by atoms with E-state index in [4.69, 9.17) is 0 Å². The van der Waals surface area contributed by atoms with Crippen LogP contribution in [0.5, 0.6) is 0 Å². The van der Waals surface area contributed by atoms with Gasteiger partial charge in [-0.15, -0.1) is 0 Å². The highest BCUT2D eigenvalue weighted by molar-refractivity contribution is 5.16. The molecule has 16 heavy (non-hydrogen) atoms. The molecule has 1 aromatic carbocycles. The predicted octanol–water partition coefficient (Wildman–Crippen LogP) is 1.87. The van der Waals surface area contributed by atoms with Crippen molar-refractivity contribution >= 4 is 0 Å². The molecule has 1 aliphatic carbocycles. The molecule has 0 atom stereocenters. The summed E-state index contributed by atoms with van der Waals surface area (Å²) in [6.45, 7) is 3.62. The Morgan fingerprint density at radius 1 is 1.31 bits per heavy atom. The fourth-order valence-corrected chi connectivity index (χ4v) is 3.41. The van der Waals surface area contributed by atoms with Crippen LogP contribution >= 0.6 is 0 Å². The van der Waals surface area contributed by atoms with Gasteiger partial charge < -0.3 is 5.32 Å². The molecule has 0 unspecified atom stereocenters. The van der Waals surface area contributed by atoms with Crippen LogP contribution in [0.15, 0.2) is 30.3 Å². The first kappa shape index (κ1) is 10.3. The Balaban J connectivity index is 1.65. The summed E-state index contributed by atoms with van der Waals surface area (Å²) in [5.74, 6) is 0.935. The highest BCUT2D eigenvalue weighted by Crippen LogP contribution is 2.43. The van der Waals surface area contributed by atoms with E-state index < -0.39 is 0 Å². The average Bonchev–Trinajstić information content (AvgIpc) is 2.29. The summed E-state index contributed by atoms with van der Waals surface area (Å²) in [7, 11) is 2.11. The highest BCUT2D eigenvalue weighted by atomic mass is 15.2. The van der Waals surface area contributed by atoms with Gasteiger partial charge in [-0.1, -0.05) is 30.3 Å². The van der Waals surface area contributed by atoms with E-state index in [1.54, 1.807) is 0 Å². The number of hydrogen-bond donors (Lipinski definition) is 1. The van der Waals surface area contributed by atoms with Gasteiger partial charge in [0.2, 0.25) is 0 Å². The minimum atomic E-state index is 0.442. The SMILES string of the molecule is CNC12CC(CN(Cc3ccccc3)C1)C2. The lowest BCUT2D eigenvalue weighted by atomic mass is 9.64. The highest BCUT2D eigenvalue weighted by Gasteiger charge is 2.48. The first-order valence-electron chi connectivity index (χ1n) is 6.25. The molecule has 86 valence electrons. The third-order valence-electron chi connectivity index (χ3n) is 4.18. The molecular weight excluding hydrogens is 196 g/mol. The predicted molar refractivity (Wildman–Crippen MR) is 66.2 cm³/mol. The fraction of sp³-hybridized carbons (Fsp3) is 0.571. The number of benzene rings is 1. The zero-order valence-corrected chi connectivity index (χ0v) is 9.95. The van der Waals surface area contributed by atoms with Gasteiger partial charge in [0.15, 0.2) is 0 Å². The number of fused-ring (bicyclic) bond motifs is 2. The Kier molecular flexibility index (Phi) is 2.49. The molecule has 1 N–H and O–H groups in total. The largest absolute Gasteiger partial charge is 0.313 e. The number of nitrogens with one attached hydrogen (secondary N) is 1. The van der Waals surface area contributed by atoms with E-state index in [0.717, 1.165) is 12.5 Å². The Morgan fingerprint density at radius 2 is 2.06 bits per heavy atom. The Bertz CT molecular complexity index is 354. The lowest BCUT2D eigenvalue weighted by Crippen LogP contribution is -2.66. The molecule has 4 rings (SSSR count). The van der Waals surface area contributed by atoms with Gasteiger partial charge in [0, 0.05) is 25.2 Å². The van der Waals surface area contributed by atoms with Crippen LogP contribution < -0.4 is 5.32 Å². The average molecular weight is 216 g/mol. The van der Waals surface area contributed by atoms with E-state index in [-0.39, 0.29) is 0 Å². The van der Waals surface area contributed by atoms with Crippen molar-refractivity contribution in [2.45, 2.75) is 24.9 Å².